The summed E-state index contributed by atoms with van der Waals surface area (Å²) in [4.78, 5) is 40.9. The third-order valence-corrected chi connectivity index (χ3v) is 10.8. The van der Waals surface area contributed by atoms with Gasteiger partial charge in [-0.1, -0.05) is 58.9 Å². The Labute approximate surface area is 313 Å². The second-order valence-electron chi connectivity index (χ2n) is 16.1. The number of fused-ring (bicyclic) bond motifs is 2. The van der Waals surface area contributed by atoms with Gasteiger partial charge in [0.1, 0.15) is 23.5 Å². The maximum absolute atomic E-state index is 13.6. The van der Waals surface area contributed by atoms with Crippen molar-refractivity contribution in [2.75, 3.05) is 45.1 Å². The van der Waals surface area contributed by atoms with Gasteiger partial charge in [-0.25, -0.2) is 14.8 Å². The second-order valence-corrected chi connectivity index (χ2v) is 16.1. The highest BCUT2D eigenvalue weighted by Crippen LogP contribution is 2.39. The molecule has 4 heterocycles. The van der Waals surface area contributed by atoms with Crippen molar-refractivity contribution < 1.29 is 14.3 Å². The van der Waals surface area contributed by atoms with Gasteiger partial charge in [0.25, 0.3) is 5.91 Å². The Morgan fingerprint density at radius 1 is 0.925 bits per heavy atom. The molecule has 1 aliphatic carbocycles. The Bertz CT molecular complexity index is 1910. The molecule has 3 aromatic heterocycles. The average molecular weight is 725 g/mol. The molecular weight excluding hydrogens is 669 g/mol. The molecule has 0 saturated carbocycles. The van der Waals surface area contributed by atoms with Crippen molar-refractivity contribution in [3.8, 4) is 5.75 Å². The molecule has 2 atom stereocenters. The molecule has 53 heavy (non-hydrogen) atoms. The number of anilines is 1. The van der Waals surface area contributed by atoms with Gasteiger partial charge >= 0.3 is 6.03 Å². The van der Waals surface area contributed by atoms with Gasteiger partial charge in [0, 0.05) is 55.7 Å². The van der Waals surface area contributed by atoms with Crippen LogP contribution in [-0.4, -0.2) is 91.6 Å². The number of carbonyl (C=O) groups excluding carboxylic acids is 2. The number of hydrogen-bond acceptors (Lipinski definition) is 9. The fourth-order valence-corrected chi connectivity index (χ4v) is 7.28. The van der Waals surface area contributed by atoms with Gasteiger partial charge in [0.15, 0.2) is 5.65 Å². The van der Waals surface area contributed by atoms with Crippen LogP contribution in [0.15, 0.2) is 48.7 Å². The maximum atomic E-state index is 13.6. The van der Waals surface area contributed by atoms with Gasteiger partial charge in [-0.05, 0) is 69.8 Å². The SMILES string of the molecule is CCC(CC)c1nnc2ccc(O[C@@H]3CC[C@H](NC(=O)Nc4cc(C(C)(C)C)nc(C(=O)NCC(C)(C)N5CCN(C)CC5)n4)c4ccccc43)cn12. The highest BCUT2D eigenvalue weighted by molar-refractivity contribution is 5.92. The van der Waals surface area contributed by atoms with Crippen molar-refractivity contribution in [3.63, 3.8) is 0 Å². The van der Waals surface area contributed by atoms with E-state index >= 15 is 0 Å². The zero-order valence-electron chi connectivity index (χ0n) is 32.6. The summed E-state index contributed by atoms with van der Waals surface area (Å²) < 4.78 is 8.65. The predicted molar refractivity (Wildman–Crippen MR) is 206 cm³/mol. The van der Waals surface area contributed by atoms with Crippen LogP contribution in [0.5, 0.6) is 5.75 Å². The Morgan fingerprint density at radius 3 is 2.34 bits per heavy atom. The molecule has 3 amide bonds. The first-order valence-corrected chi connectivity index (χ1v) is 19.0. The number of rotatable bonds is 11. The minimum Gasteiger partial charge on any atom is -0.484 e. The smallest absolute Gasteiger partial charge is 0.320 e. The molecule has 0 bridgehead atoms. The molecule has 1 aromatic carbocycles. The summed E-state index contributed by atoms with van der Waals surface area (Å²) in [5.74, 6) is 1.95. The summed E-state index contributed by atoms with van der Waals surface area (Å²) in [6.45, 7) is 19.0. The van der Waals surface area contributed by atoms with E-state index in [4.69, 9.17) is 4.74 Å². The number of piperazine rings is 1. The van der Waals surface area contributed by atoms with Crippen LogP contribution in [0.4, 0.5) is 10.6 Å². The molecule has 1 fully saturated rings. The van der Waals surface area contributed by atoms with E-state index in [1.165, 1.54) is 0 Å². The van der Waals surface area contributed by atoms with Crippen molar-refractivity contribution in [2.45, 2.75) is 103 Å². The van der Waals surface area contributed by atoms with Crippen LogP contribution in [0.1, 0.15) is 125 Å². The minimum atomic E-state index is -0.405. The molecule has 1 aliphatic heterocycles. The van der Waals surface area contributed by atoms with Crippen molar-refractivity contribution in [2.24, 2.45) is 0 Å². The average Bonchev–Trinajstić information content (AvgIpc) is 3.55. The third kappa shape index (κ3) is 8.79. The summed E-state index contributed by atoms with van der Waals surface area (Å²) in [5, 5.41) is 18.0. The molecule has 13 nitrogen and oxygen atoms in total. The molecule has 0 unspecified atom stereocenters. The lowest BCUT2D eigenvalue weighted by atomic mass is 9.85. The zero-order valence-corrected chi connectivity index (χ0v) is 32.6. The lowest BCUT2D eigenvalue weighted by Gasteiger charge is -2.43. The molecule has 6 rings (SSSR count). The number of carbonyl (C=O) groups is 2. The highest BCUT2D eigenvalue weighted by Gasteiger charge is 2.32. The molecule has 1 saturated heterocycles. The molecule has 284 valence electrons. The van der Waals surface area contributed by atoms with Gasteiger partial charge in [-0.3, -0.25) is 19.4 Å². The topological polar surface area (TPSA) is 142 Å². The van der Waals surface area contributed by atoms with Crippen LogP contribution < -0.4 is 20.7 Å². The second kappa shape index (κ2) is 15.8. The van der Waals surface area contributed by atoms with Crippen LogP contribution in [0.3, 0.4) is 0 Å². The number of benzene rings is 1. The first kappa shape index (κ1) is 38.1. The normalized spacial score (nSPS) is 18.5. The van der Waals surface area contributed by atoms with Gasteiger partial charge in [-0.15, -0.1) is 10.2 Å². The van der Waals surface area contributed by atoms with Gasteiger partial charge in [0.05, 0.1) is 17.9 Å². The van der Waals surface area contributed by atoms with Crippen molar-refractivity contribution in [3.05, 3.63) is 77.1 Å². The quantitative estimate of drug-likeness (QED) is 0.164. The number of nitrogens with one attached hydrogen (secondary N) is 3. The maximum Gasteiger partial charge on any atom is 0.320 e. The van der Waals surface area contributed by atoms with Gasteiger partial charge in [-0.2, -0.15) is 0 Å². The van der Waals surface area contributed by atoms with Crippen LogP contribution >= 0.6 is 0 Å². The highest BCUT2D eigenvalue weighted by atomic mass is 16.5. The number of ether oxygens (including phenoxy) is 1. The summed E-state index contributed by atoms with van der Waals surface area (Å²) in [7, 11) is 2.13. The number of aromatic nitrogens is 5. The van der Waals surface area contributed by atoms with Gasteiger partial charge < -0.3 is 20.3 Å². The van der Waals surface area contributed by atoms with Crippen LogP contribution in [-0.2, 0) is 5.41 Å². The minimum absolute atomic E-state index is 0.0293. The first-order chi connectivity index (χ1) is 25.2. The number of likely N-dealkylation sites (N-methyl/N-ethyl adjacent to an activating group) is 1. The Kier molecular flexibility index (Phi) is 11.3. The van der Waals surface area contributed by atoms with Crippen LogP contribution in [0, 0.1) is 0 Å². The Morgan fingerprint density at radius 2 is 1.64 bits per heavy atom. The van der Waals surface area contributed by atoms with E-state index in [-0.39, 0.29) is 40.6 Å². The van der Waals surface area contributed by atoms with E-state index in [2.05, 4.69) is 86.7 Å². The van der Waals surface area contributed by atoms with Crippen molar-refractivity contribution in [1.29, 1.82) is 0 Å². The molecule has 4 aromatic rings. The molecule has 0 radical (unpaired) electrons. The fraction of sp³-hybridized carbons (Fsp3) is 0.550. The lowest BCUT2D eigenvalue weighted by molar-refractivity contribution is 0.0585. The summed E-state index contributed by atoms with van der Waals surface area (Å²) in [6, 6.07) is 13.1. The standard InChI is InChI=1S/C40H56N10O3/c1-9-26(10-2)36-47-46-34-18-15-27(24-50(34)36)53-31-17-16-30(28-13-11-12-14-29(28)31)42-38(52)45-33-23-32(39(3,4)5)43-35(44-33)37(51)41-25-40(6,7)49-21-19-48(8)20-22-49/h11-15,18,23-24,26,30-31H,9-10,16-17,19-22,25H2,1-8H3,(H,41,51)(H2,42,43,44,45,52)/t30-,31+/m0/s1. The Balaban J connectivity index is 1.14. The van der Waals surface area contributed by atoms with Crippen LogP contribution in [0.2, 0.25) is 0 Å². The number of nitrogens with zero attached hydrogens (tertiary/aromatic N) is 7. The molecule has 13 heteroatoms. The summed E-state index contributed by atoms with van der Waals surface area (Å²) in [6.07, 6.45) is 5.16. The number of pyridine rings is 1. The summed E-state index contributed by atoms with van der Waals surface area (Å²) in [5.41, 5.74) is 2.88. The fourth-order valence-electron chi connectivity index (χ4n) is 7.28. The van der Waals surface area contributed by atoms with E-state index in [1.807, 2.05) is 61.7 Å². The van der Waals surface area contributed by atoms with E-state index < -0.39 is 6.03 Å². The van der Waals surface area contributed by atoms with E-state index in [0.29, 0.717) is 31.0 Å². The number of amides is 3. The molecular formula is C40H56N10O3. The lowest BCUT2D eigenvalue weighted by Crippen LogP contribution is -2.57. The first-order valence-electron chi connectivity index (χ1n) is 19.0. The number of hydrogen-bond donors (Lipinski definition) is 3. The monoisotopic (exact) mass is 724 g/mol. The zero-order chi connectivity index (χ0) is 37.9. The van der Waals surface area contributed by atoms with E-state index in [0.717, 1.165) is 67.4 Å². The molecule has 0 spiro atoms. The molecule has 3 N–H and O–H groups in total. The van der Waals surface area contributed by atoms with Crippen molar-refractivity contribution in [1.82, 2.24) is 45.0 Å². The third-order valence-electron chi connectivity index (χ3n) is 10.8. The van der Waals surface area contributed by atoms with Crippen LogP contribution in [0.25, 0.3) is 5.65 Å². The number of urea groups is 1. The summed E-state index contributed by atoms with van der Waals surface area (Å²) >= 11 is 0. The Hall–Kier alpha value is -4.62. The van der Waals surface area contributed by atoms with E-state index in [1.54, 1.807) is 6.07 Å². The predicted octanol–water partition coefficient (Wildman–Crippen LogP) is 6.25. The van der Waals surface area contributed by atoms with Crippen molar-refractivity contribution >= 4 is 23.4 Å². The van der Waals surface area contributed by atoms with Gasteiger partial charge in [0.2, 0.25) is 5.82 Å². The molecule has 2 aliphatic rings. The largest absolute Gasteiger partial charge is 0.484 e. The van der Waals surface area contributed by atoms with E-state index in [9.17, 15) is 9.59 Å².